The number of nitrogens with zero attached hydrogens (tertiary/aromatic N) is 1. The predicted octanol–water partition coefficient (Wildman–Crippen LogP) is 4.98. The Morgan fingerprint density at radius 2 is 1.68 bits per heavy atom. The number of hydrogen-bond acceptors (Lipinski definition) is 3. The van der Waals surface area contributed by atoms with Crippen LogP contribution in [0.5, 0.6) is 5.75 Å². The lowest BCUT2D eigenvalue weighted by Crippen LogP contribution is -2.21. The van der Waals surface area contributed by atoms with E-state index in [0.29, 0.717) is 24.5 Å². The number of anilines is 2. The van der Waals surface area contributed by atoms with Gasteiger partial charge in [-0.1, -0.05) is 11.6 Å². The zero-order valence-corrected chi connectivity index (χ0v) is 15.6. The van der Waals surface area contributed by atoms with E-state index >= 15 is 0 Å². The molecule has 1 N–H and O–H groups in total. The van der Waals surface area contributed by atoms with E-state index in [1.54, 1.807) is 12.1 Å². The zero-order valence-electron chi connectivity index (χ0n) is 14.8. The molecule has 0 atom stereocenters. The highest BCUT2D eigenvalue weighted by Crippen LogP contribution is 2.18. The van der Waals surface area contributed by atoms with Crippen molar-refractivity contribution in [1.82, 2.24) is 0 Å². The van der Waals surface area contributed by atoms with Crippen LogP contribution < -0.4 is 15.0 Å². The minimum atomic E-state index is -0.00436. The van der Waals surface area contributed by atoms with Crippen molar-refractivity contribution in [2.45, 2.75) is 26.7 Å². The fourth-order valence-electron chi connectivity index (χ4n) is 2.52. The summed E-state index contributed by atoms with van der Waals surface area (Å²) >= 11 is 5.82. The molecule has 0 radical (unpaired) electrons. The van der Waals surface area contributed by atoms with E-state index in [9.17, 15) is 4.79 Å². The maximum absolute atomic E-state index is 12.0. The van der Waals surface area contributed by atoms with Gasteiger partial charge in [0.15, 0.2) is 0 Å². The summed E-state index contributed by atoms with van der Waals surface area (Å²) in [5.41, 5.74) is 1.99. The average molecular weight is 361 g/mol. The molecule has 2 aromatic rings. The van der Waals surface area contributed by atoms with Gasteiger partial charge in [-0.15, -0.1) is 0 Å². The van der Waals surface area contributed by atoms with Crippen LogP contribution in [-0.2, 0) is 4.79 Å². The minimum Gasteiger partial charge on any atom is -0.494 e. The van der Waals surface area contributed by atoms with Gasteiger partial charge >= 0.3 is 0 Å². The van der Waals surface area contributed by atoms with E-state index < -0.39 is 0 Å². The molecule has 0 saturated heterocycles. The fourth-order valence-corrected chi connectivity index (χ4v) is 2.65. The molecule has 0 aliphatic heterocycles. The molecule has 134 valence electrons. The van der Waals surface area contributed by atoms with Crippen molar-refractivity contribution >= 4 is 28.9 Å². The maximum atomic E-state index is 12.0. The summed E-state index contributed by atoms with van der Waals surface area (Å²) < 4.78 is 5.58. The summed E-state index contributed by atoms with van der Waals surface area (Å²) in [6.45, 7) is 6.69. The molecule has 0 unspecified atom stereocenters. The number of carbonyl (C=O) groups is 1. The molecule has 0 saturated carbocycles. The van der Waals surface area contributed by atoms with Gasteiger partial charge < -0.3 is 15.0 Å². The molecule has 4 nitrogen and oxygen atoms in total. The van der Waals surface area contributed by atoms with Crippen molar-refractivity contribution in [3.8, 4) is 5.75 Å². The Morgan fingerprint density at radius 3 is 2.28 bits per heavy atom. The molecule has 0 fully saturated rings. The van der Waals surface area contributed by atoms with E-state index in [1.807, 2.05) is 36.4 Å². The lowest BCUT2D eigenvalue weighted by molar-refractivity contribution is -0.116. The van der Waals surface area contributed by atoms with E-state index in [0.717, 1.165) is 24.5 Å². The number of carbonyl (C=O) groups excluding carboxylic acids is 1. The first-order valence-corrected chi connectivity index (χ1v) is 9.03. The first-order valence-electron chi connectivity index (χ1n) is 8.65. The normalized spacial score (nSPS) is 10.4. The van der Waals surface area contributed by atoms with Crippen LogP contribution >= 0.6 is 11.6 Å². The first kappa shape index (κ1) is 19.1. The van der Waals surface area contributed by atoms with Crippen LogP contribution in [0, 0.1) is 0 Å². The molecule has 5 heteroatoms. The van der Waals surface area contributed by atoms with Crippen LogP contribution in [0.4, 0.5) is 11.4 Å². The summed E-state index contributed by atoms with van der Waals surface area (Å²) in [4.78, 5) is 14.3. The van der Waals surface area contributed by atoms with Crippen LogP contribution in [0.2, 0.25) is 5.02 Å². The predicted molar refractivity (Wildman–Crippen MR) is 105 cm³/mol. The van der Waals surface area contributed by atoms with Crippen LogP contribution in [0.15, 0.2) is 48.5 Å². The van der Waals surface area contributed by atoms with Gasteiger partial charge in [-0.25, -0.2) is 0 Å². The molecule has 25 heavy (non-hydrogen) atoms. The summed E-state index contributed by atoms with van der Waals surface area (Å²) in [7, 11) is 0. The lowest BCUT2D eigenvalue weighted by Gasteiger charge is -2.21. The number of benzene rings is 2. The van der Waals surface area contributed by atoms with Gasteiger partial charge in [0, 0.05) is 35.9 Å². The zero-order chi connectivity index (χ0) is 18.1. The largest absolute Gasteiger partial charge is 0.494 e. The van der Waals surface area contributed by atoms with Crippen molar-refractivity contribution in [3.63, 3.8) is 0 Å². The van der Waals surface area contributed by atoms with Crippen molar-refractivity contribution in [2.24, 2.45) is 0 Å². The van der Waals surface area contributed by atoms with E-state index in [1.165, 1.54) is 5.69 Å². The highest BCUT2D eigenvalue weighted by Gasteiger charge is 2.05. The Kier molecular flexibility index (Phi) is 7.61. The van der Waals surface area contributed by atoms with Gasteiger partial charge in [-0.2, -0.15) is 0 Å². The molecular weight excluding hydrogens is 336 g/mol. The van der Waals surface area contributed by atoms with Crippen LogP contribution in [-0.4, -0.2) is 25.6 Å². The molecule has 0 aromatic heterocycles. The highest BCUT2D eigenvalue weighted by molar-refractivity contribution is 6.30. The first-order chi connectivity index (χ1) is 12.1. The van der Waals surface area contributed by atoms with Gasteiger partial charge in [0.25, 0.3) is 0 Å². The third-order valence-corrected chi connectivity index (χ3v) is 4.16. The van der Waals surface area contributed by atoms with Gasteiger partial charge in [0.05, 0.1) is 6.61 Å². The number of amides is 1. The number of ether oxygens (including phenoxy) is 1. The molecule has 2 aromatic carbocycles. The Labute approximate surface area is 154 Å². The second-order valence-corrected chi connectivity index (χ2v) is 6.11. The Morgan fingerprint density at radius 1 is 1.04 bits per heavy atom. The molecule has 2 rings (SSSR count). The average Bonchev–Trinajstić information content (AvgIpc) is 2.63. The third kappa shape index (κ3) is 6.31. The second kappa shape index (κ2) is 9.94. The Bertz CT molecular complexity index is 652. The molecule has 1 amide bonds. The smallest absolute Gasteiger partial charge is 0.224 e. The molecule has 0 heterocycles. The maximum Gasteiger partial charge on any atom is 0.224 e. The summed E-state index contributed by atoms with van der Waals surface area (Å²) in [5.74, 6) is 0.757. The highest BCUT2D eigenvalue weighted by atomic mass is 35.5. The number of rotatable bonds is 9. The third-order valence-electron chi connectivity index (χ3n) is 3.91. The molecular formula is C20H25ClN2O2. The molecule has 0 aliphatic rings. The summed E-state index contributed by atoms with van der Waals surface area (Å²) in [5, 5.41) is 3.60. The van der Waals surface area contributed by atoms with E-state index in [-0.39, 0.29) is 5.91 Å². The quantitative estimate of drug-likeness (QED) is 0.641. The van der Waals surface area contributed by atoms with Gasteiger partial charge in [-0.3, -0.25) is 4.79 Å². The number of nitrogens with one attached hydrogen (secondary N) is 1. The van der Waals surface area contributed by atoms with Crippen molar-refractivity contribution in [1.29, 1.82) is 0 Å². The Hall–Kier alpha value is -2.20. The minimum absolute atomic E-state index is 0.00436. The van der Waals surface area contributed by atoms with Crippen LogP contribution in [0.1, 0.15) is 26.7 Å². The summed E-state index contributed by atoms with van der Waals surface area (Å²) in [6, 6.07) is 15.2. The molecule has 0 aliphatic carbocycles. The molecule has 0 bridgehead atoms. The van der Waals surface area contributed by atoms with Gasteiger partial charge in [0.1, 0.15) is 5.75 Å². The SMILES string of the molecule is CCN(CC)c1ccc(NC(=O)CCCOc2ccc(Cl)cc2)cc1. The summed E-state index contributed by atoms with van der Waals surface area (Å²) in [6.07, 6.45) is 1.08. The van der Waals surface area contributed by atoms with E-state index in [2.05, 4.69) is 24.1 Å². The van der Waals surface area contributed by atoms with Crippen molar-refractivity contribution in [2.75, 3.05) is 29.9 Å². The van der Waals surface area contributed by atoms with Gasteiger partial charge in [0.2, 0.25) is 5.91 Å². The topological polar surface area (TPSA) is 41.6 Å². The van der Waals surface area contributed by atoms with Crippen molar-refractivity contribution < 1.29 is 9.53 Å². The fraction of sp³-hybridized carbons (Fsp3) is 0.350. The van der Waals surface area contributed by atoms with Gasteiger partial charge in [-0.05, 0) is 68.8 Å². The van der Waals surface area contributed by atoms with Crippen molar-refractivity contribution in [3.05, 3.63) is 53.6 Å². The monoisotopic (exact) mass is 360 g/mol. The van der Waals surface area contributed by atoms with E-state index in [4.69, 9.17) is 16.3 Å². The lowest BCUT2D eigenvalue weighted by atomic mass is 10.2. The van der Waals surface area contributed by atoms with Crippen LogP contribution in [0.25, 0.3) is 0 Å². The second-order valence-electron chi connectivity index (χ2n) is 5.67. The van der Waals surface area contributed by atoms with Crippen LogP contribution in [0.3, 0.4) is 0 Å². The standard InChI is InChI=1S/C20H25ClN2O2/c1-3-23(4-2)18-11-9-17(10-12-18)22-20(24)6-5-15-25-19-13-7-16(21)8-14-19/h7-14H,3-6,15H2,1-2H3,(H,22,24). The molecule has 0 spiro atoms. The Balaban J connectivity index is 1.72. The number of halogens is 1. The number of hydrogen-bond donors (Lipinski definition) is 1.